The molecule has 0 aromatic heterocycles. The van der Waals surface area contributed by atoms with E-state index in [2.05, 4.69) is 17.1 Å². The van der Waals surface area contributed by atoms with Gasteiger partial charge in [-0.1, -0.05) is 19.8 Å². The normalized spacial score (nSPS) is 25.5. The molecule has 4 heteroatoms. The monoisotopic (exact) mass is 344 g/mol. The van der Waals surface area contributed by atoms with Crippen LogP contribution in [0.15, 0.2) is 24.3 Å². The Morgan fingerprint density at radius 1 is 1.12 bits per heavy atom. The van der Waals surface area contributed by atoms with Crippen LogP contribution in [-0.4, -0.2) is 43.6 Å². The minimum absolute atomic E-state index is 0.0480. The van der Waals surface area contributed by atoms with Crippen LogP contribution in [0.3, 0.4) is 0 Å². The molecule has 1 saturated heterocycles. The average Bonchev–Trinajstić information content (AvgIpc) is 2.65. The minimum Gasteiger partial charge on any atom is -0.497 e. The van der Waals surface area contributed by atoms with Gasteiger partial charge >= 0.3 is 0 Å². The fourth-order valence-electron chi connectivity index (χ4n) is 4.19. The van der Waals surface area contributed by atoms with Crippen LogP contribution in [0, 0.1) is 11.8 Å². The first-order chi connectivity index (χ1) is 12.2. The van der Waals surface area contributed by atoms with Crippen molar-refractivity contribution >= 4 is 5.91 Å². The summed E-state index contributed by atoms with van der Waals surface area (Å²) >= 11 is 0. The van der Waals surface area contributed by atoms with E-state index < -0.39 is 0 Å². The van der Waals surface area contributed by atoms with Gasteiger partial charge in [-0.05, 0) is 74.9 Å². The van der Waals surface area contributed by atoms with Gasteiger partial charge in [-0.25, -0.2) is 0 Å². The largest absolute Gasteiger partial charge is 0.497 e. The lowest BCUT2D eigenvalue weighted by molar-refractivity contribution is 0.0868. The van der Waals surface area contributed by atoms with Crippen LogP contribution in [0.2, 0.25) is 0 Å². The van der Waals surface area contributed by atoms with Crippen molar-refractivity contribution in [3.8, 4) is 5.75 Å². The molecule has 2 aliphatic rings. The van der Waals surface area contributed by atoms with Crippen LogP contribution in [0.4, 0.5) is 0 Å². The van der Waals surface area contributed by atoms with Crippen molar-refractivity contribution in [1.82, 2.24) is 10.2 Å². The number of methoxy groups -OCH3 is 1. The number of benzene rings is 1. The van der Waals surface area contributed by atoms with Gasteiger partial charge in [0.05, 0.1) is 7.11 Å². The van der Waals surface area contributed by atoms with Gasteiger partial charge in [-0.3, -0.25) is 4.79 Å². The van der Waals surface area contributed by atoms with Crippen LogP contribution in [0.5, 0.6) is 5.75 Å². The Labute approximate surface area is 151 Å². The summed E-state index contributed by atoms with van der Waals surface area (Å²) in [6.45, 7) is 5.93. The first kappa shape index (κ1) is 18.2. The molecule has 1 aromatic rings. The maximum absolute atomic E-state index is 12.6. The topological polar surface area (TPSA) is 41.6 Å². The van der Waals surface area contributed by atoms with Gasteiger partial charge in [-0.2, -0.15) is 0 Å². The highest BCUT2D eigenvalue weighted by Crippen LogP contribution is 2.27. The summed E-state index contributed by atoms with van der Waals surface area (Å²) in [6.07, 6.45) is 7.49. The number of amides is 1. The van der Waals surface area contributed by atoms with E-state index in [0.717, 1.165) is 30.2 Å². The molecule has 1 N–H and O–H groups in total. The number of hydrogen-bond donors (Lipinski definition) is 1. The van der Waals surface area contributed by atoms with Crippen molar-refractivity contribution in [3.05, 3.63) is 29.8 Å². The Bertz CT molecular complexity index is 550. The number of nitrogens with one attached hydrogen (secondary N) is 1. The molecule has 2 unspecified atom stereocenters. The van der Waals surface area contributed by atoms with E-state index in [0.29, 0.717) is 12.0 Å². The van der Waals surface area contributed by atoms with Gasteiger partial charge in [0.1, 0.15) is 5.75 Å². The smallest absolute Gasteiger partial charge is 0.251 e. The summed E-state index contributed by atoms with van der Waals surface area (Å²) in [5.74, 6) is 2.29. The third-order valence-corrected chi connectivity index (χ3v) is 5.95. The number of hydrogen-bond acceptors (Lipinski definition) is 3. The molecule has 1 heterocycles. The summed E-state index contributed by atoms with van der Waals surface area (Å²) in [5, 5.41) is 3.31. The molecule has 138 valence electrons. The van der Waals surface area contributed by atoms with Crippen LogP contribution >= 0.6 is 0 Å². The second-order valence-corrected chi connectivity index (χ2v) is 7.84. The quantitative estimate of drug-likeness (QED) is 0.885. The number of nitrogens with zero attached hydrogens (tertiary/aromatic N) is 1. The molecule has 3 rings (SSSR count). The van der Waals surface area contributed by atoms with E-state index >= 15 is 0 Å². The standard InChI is InChI=1S/C21H32N2O2/c1-16-11-13-23(14-12-16)15-18-5-3-4-6-20(18)22-21(24)17-7-9-19(25-2)10-8-17/h7-10,16,18,20H,3-6,11-15H2,1-2H3,(H,22,24). The molecule has 1 amide bonds. The number of carbonyl (C=O) groups is 1. The number of ether oxygens (including phenoxy) is 1. The van der Waals surface area contributed by atoms with Crippen molar-refractivity contribution in [1.29, 1.82) is 0 Å². The summed E-state index contributed by atoms with van der Waals surface area (Å²) in [5.41, 5.74) is 0.719. The van der Waals surface area contributed by atoms with Crippen LogP contribution in [-0.2, 0) is 0 Å². The first-order valence-corrected chi connectivity index (χ1v) is 9.83. The van der Waals surface area contributed by atoms with Crippen LogP contribution < -0.4 is 10.1 Å². The molecule has 2 fully saturated rings. The summed E-state index contributed by atoms with van der Waals surface area (Å²) in [7, 11) is 1.64. The van der Waals surface area contributed by atoms with E-state index in [1.165, 1.54) is 45.2 Å². The zero-order chi connectivity index (χ0) is 17.6. The lowest BCUT2D eigenvalue weighted by Crippen LogP contribution is -2.47. The Morgan fingerprint density at radius 3 is 2.48 bits per heavy atom. The van der Waals surface area contributed by atoms with E-state index in [4.69, 9.17) is 4.74 Å². The second-order valence-electron chi connectivity index (χ2n) is 7.84. The van der Waals surface area contributed by atoms with Crippen LogP contribution in [0.25, 0.3) is 0 Å². The van der Waals surface area contributed by atoms with Crippen molar-refractivity contribution in [3.63, 3.8) is 0 Å². The van der Waals surface area contributed by atoms with Gasteiger partial charge < -0.3 is 15.0 Å². The second kappa shape index (κ2) is 8.70. The lowest BCUT2D eigenvalue weighted by Gasteiger charge is -2.38. The molecule has 1 aliphatic heterocycles. The highest BCUT2D eigenvalue weighted by Gasteiger charge is 2.29. The zero-order valence-corrected chi connectivity index (χ0v) is 15.7. The van der Waals surface area contributed by atoms with Crippen molar-refractivity contribution in [2.75, 3.05) is 26.7 Å². The van der Waals surface area contributed by atoms with E-state index in [-0.39, 0.29) is 5.91 Å². The average molecular weight is 344 g/mol. The predicted molar refractivity (Wildman–Crippen MR) is 101 cm³/mol. The first-order valence-electron chi connectivity index (χ1n) is 9.83. The summed E-state index contributed by atoms with van der Waals surface area (Å²) in [6, 6.07) is 7.70. The third kappa shape index (κ3) is 4.97. The zero-order valence-electron chi connectivity index (χ0n) is 15.7. The van der Waals surface area contributed by atoms with Gasteiger partial charge in [0.25, 0.3) is 5.91 Å². The predicted octanol–water partition coefficient (Wildman–Crippen LogP) is 3.72. The lowest BCUT2D eigenvalue weighted by atomic mass is 9.83. The van der Waals surface area contributed by atoms with Gasteiger partial charge in [-0.15, -0.1) is 0 Å². The van der Waals surface area contributed by atoms with E-state index in [9.17, 15) is 4.79 Å². The van der Waals surface area contributed by atoms with Gasteiger partial charge in [0, 0.05) is 18.2 Å². The number of rotatable bonds is 5. The fourth-order valence-corrected chi connectivity index (χ4v) is 4.19. The minimum atomic E-state index is 0.0480. The molecule has 4 nitrogen and oxygen atoms in total. The van der Waals surface area contributed by atoms with Crippen LogP contribution in [0.1, 0.15) is 55.8 Å². The molecule has 1 aromatic carbocycles. The van der Waals surface area contributed by atoms with E-state index in [1.54, 1.807) is 7.11 Å². The number of piperidine rings is 1. The molecule has 0 radical (unpaired) electrons. The highest BCUT2D eigenvalue weighted by molar-refractivity contribution is 5.94. The van der Waals surface area contributed by atoms with Gasteiger partial charge in [0.2, 0.25) is 0 Å². The number of likely N-dealkylation sites (tertiary alicyclic amines) is 1. The molecular weight excluding hydrogens is 312 g/mol. The Kier molecular flexibility index (Phi) is 6.35. The maximum Gasteiger partial charge on any atom is 0.251 e. The van der Waals surface area contributed by atoms with Crippen molar-refractivity contribution in [2.24, 2.45) is 11.8 Å². The summed E-state index contributed by atoms with van der Waals surface area (Å²) < 4.78 is 5.17. The molecule has 1 saturated carbocycles. The van der Waals surface area contributed by atoms with Gasteiger partial charge in [0.15, 0.2) is 0 Å². The Morgan fingerprint density at radius 2 is 1.80 bits per heavy atom. The molecule has 2 atom stereocenters. The maximum atomic E-state index is 12.6. The van der Waals surface area contributed by atoms with Crippen molar-refractivity contribution < 1.29 is 9.53 Å². The Balaban J connectivity index is 1.57. The summed E-state index contributed by atoms with van der Waals surface area (Å²) in [4.78, 5) is 15.2. The Hall–Kier alpha value is -1.55. The molecule has 25 heavy (non-hydrogen) atoms. The molecule has 0 spiro atoms. The molecule has 0 bridgehead atoms. The molecular formula is C21H32N2O2. The fraction of sp³-hybridized carbons (Fsp3) is 0.667. The molecule has 1 aliphatic carbocycles. The highest BCUT2D eigenvalue weighted by atomic mass is 16.5. The third-order valence-electron chi connectivity index (χ3n) is 5.95. The number of carbonyl (C=O) groups excluding carboxylic acids is 1. The SMILES string of the molecule is COc1ccc(C(=O)NC2CCCCC2CN2CCC(C)CC2)cc1. The van der Waals surface area contributed by atoms with Crippen molar-refractivity contribution in [2.45, 2.75) is 51.5 Å². The van der Waals surface area contributed by atoms with E-state index in [1.807, 2.05) is 24.3 Å².